The van der Waals surface area contributed by atoms with Crippen LogP contribution in [-0.4, -0.2) is 29.4 Å². The number of carbonyl (C=O) groups excluding carboxylic acids is 1. The molecule has 0 radical (unpaired) electrons. The molecule has 19 heavy (non-hydrogen) atoms. The fourth-order valence-corrected chi connectivity index (χ4v) is 2.24. The van der Waals surface area contributed by atoms with E-state index >= 15 is 0 Å². The van der Waals surface area contributed by atoms with Gasteiger partial charge >= 0.3 is 5.97 Å². The summed E-state index contributed by atoms with van der Waals surface area (Å²) in [5, 5.41) is 9.97. The first-order chi connectivity index (χ1) is 9.08. The standard InChI is InChI=1S/C15H19NO3/c1-10(2)11-4-5-14-12(8-11)13(15(18)19-3)9-16(14)6-7-17/h4-5,8-10,17H,6-7H2,1-3H3. The van der Waals surface area contributed by atoms with Crippen LogP contribution in [0.25, 0.3) is 10.9 Å². The van der Waals surface area contributed by atoms with Crippen LogP contribution in [0, 0.1) is 0 Å². The summed E-state index contributed by atoms with van der Waals surface area (Å²) in [4.78, 5) is 11.8. The lowest BCUT2D eigenvalue weighted by Crippen LogP contribution is -2.02. The minimum absolute atomic E-state index is 0.0380. The number of methoxy groups -OCH3 is 1. The second-order valence-corrected chi connectivity index (χ2v) is 4.88. The summed E-state index contributed by atoms with van der Waals surface area (Å²) >= 11 is 0. The van der Waals surface area contributed by atoms with E-state index in [9.17, 15) is 4.79 Å². The molecule has 0 aliphatic carbocycles. The van der Waals surface area contributed by atoms with Crippen molar-refractivity contribution in [3.63, 3.8) is 0 Å². The van der Waals surface area contributed by atoms with Crippen molar-refractivity contribution >= 4 is 16.9 Å². The first-order valence-corrected chi connectivity index (χ1v) is 6.40. The van der Waals surface area contributed by atoms with Gasteiger partial charge in [0.25, 0.3) is 0 Å². The van der Waals surface area contributed by atoms with E-state index < -0.39 is 0 Å². The first-order valence-electron chi connectivity index (χ1n) is 6.40. The molecule has 2 aromatic rings. The highest BCUT2D eigenvalue weighted by Crippen LogP contribution is 2.26. The Morgan fingerprint density at radius 2 is 2.16 bits per heavy atom. The van der Waals surface area contributed by atoms with Crippen molar-refractivity contribution in [2.45, 2.75) is 26.3 Å². The van der Waals surface area contributed by atoms with Gasteiger partial charge < -0.3 is 14.4 Å². The number of ether oxygens (including phenoxy) is 1. The molecule has 0 spiro atoms. The molecule has 4 heteroatoms. The van der Waals surface area contributed by atoms with Gasteiger partial charge in [-0.1, -0.05) is 19.9 Å². The van der Waals surface area contributed by atoms with Gasteiger partial charge in [-0.15, -0.1) is 0 Å². The lowest BCUT2D eigenvalue weighted by molar-refractivity contribution is 0.0602. The molecule has 4 nitrogen and oxygen atoms in total. The largest absolute Gasteiger partial charge is 0.465 e. The maximum Gasteiger partial charge on any atom is 0.340 e. The van der Waals surface area contributed by atoms with Crippen LogP contribution in [0.5, 0.6) is 0 Å². The number of fused-ring (bicyclic) bond motifs is 1. The normalized spacial score (nSPS) is 11.2. The maximum absolute atomic E-state index is 11.8. The minimum Gasteiger partial charge on any atom is -0.465 e. The maximum atomic E-state index is 11.8. The van der Waals surface area contributed by atoms with Crippen molar-refractivity contribution in [3.05, 3.63) is 35.5 Å². The zero-order valence-electron chi connectivity index (χ0n) is 11.5. The van der Waals surface area contributed by atoms with Crippen molar-refractivity contribution in [3.8, 4) is 0 Å². The van der Waals surface area contributed by atoms with Gasteiger partial charge in [-0.3, -0.25) is 0 Å². The van der Waals surface area contributed by atoms with Gasteiger partial charge in [0.1, 0.15) is 0 Å². The Kier molecular flexibility index (Phi) is 3.90. The van der Waals surface area contributed by atoms with Crippen LogP contribution < -0.4 is 0 Å². The molecule has 0 aliphatic rings. The lowest BCUT2D eigenvalue weighted by atomic mass is 10.0. The number of aliphatic hydroxyl groups excluding tert-OH is 1. The van der Waals surface area contributed by atoms with E-state index in [1.807, 2.05) is 16.7 Å². The number of nitrogens with zero attached hydrogens (tertiary/aromatic N) is 1. The van der Waals surface area contributed by atoms with Gasteiger partial charge in [0.15, 0.2) is 0 Å². The van der Waals surface area contributed by atoms with E-state index in [1.54, 1.807) is 6.20 Å². The van der Waals surface area contributed by atoms with Crippen LogP contribution in [0.4, 0.5) is 0 Å². The number of rotatable bonds is 4. The lowest BCUT2D eigenvalue weighted by Gasteiger charge is -2.07. The van der Waals surface area contributed by atoms with E-state index in [0.29, 0.717) is 18.0 Å². The monoisotopic (exact) mass is 261 g/mol. The minimum atomic E-state index is -0.345. The van der Waals surface area contributed by atoms with Gasteiger partial charge in [-0.2, -0.15) is 0 Å². The summed E-state index contributed by atoms with van der Waals surface area (Å²) < 4.78 is 6.70. The SMILES string of the molecule is COC(=O)c1cn(CCO)c2ccc(C(C)C)cc12. The van der Waals surface area contributed by atoms with E-state index in [4.69, 9.17) is 9.84 Å². The zero-order chi connectivity index (χ0) is 14.0. The fourth-order valence-electron chi connectivity index (χ4n) is 2.24. The molecule has 0 saturated heterocycles. The summed E-state index contributed by atoms with van der Waals surface area (Å²) in [5.74, 6) is 0.0543. The van der Waals surface area contributed by atoms with Crippen molar-refractivity contribution in [2.24, 2.45) is 0 Å². The van der Waals surface area contributed by atoms with Gasteiger partial charge in [-0.25, -0.2) is 4.79 Å². The second-order valence-electron chi connectivity index (χ2n) is 4.88. The van der Waals surface area contributed by atoms with Crippen LogP contribution in [0.2, 0.25) is 0 Å². The Morgan fingerprint density at radius 3 is 2.74 bits per heavy atom. The van der Waals surface area contributed by atoms with Crippen molar-refractivity contribution in [2.75, 3.05) is 13.7 Å². The predicted octanol–water partition coefficient (Wildman–Crippen LogP) is 2.54. The third-order valence-corrected chi connectivity index (χ3v) is 3.32. The summed E-state index contributed by atoms with van der Waals surface area (Å²) in [6, 6.07) is 6.08. The third kappa shape index (κ3) is 2.49. The van der Waals surface area contributed by atoms with Gasteiger partial charge in [0.05, 0.1) is 19.3 Å². The van der Waals surface area contributed by atoms with Crippen molar-refractivity contribution in [1.82, 2.24) is 4.57 Å². The van der Waals surface area contributed by atoms with Crippen LogP contribution in [0.15, 0.2) is 24.4 Å². The molecule has 1 aromatic carbocycles. The number of hydrogen-bond acceptors (Lipinski definition) is 3. The number of aromatic nitrogens is 1. The average molecular weight is 261 g/mol. The molecule has 0 atom stereocenters. The van der Waals surface area contributed by atoms with Crippen LogP contribution >= 0.6 is 0 Å². The topological polar surface area (TPSA) is 51.5 Å². The molecule has 0 amide bonds. The number of hydrogen-bond donors (Lipinski definition) is 1. The predicted molar refractivity (Wildman–Crippen MR) is 74.5 cm³/mol. The summed E-state index contributed by atoms with van der Waals surface area (Å²) in [6.07, 6.45) is 1.75. The number of benzene rings is 1. The fraction of sp³-hybridized carbons (Fsp3) is 0.400. The Hall–Kier alpha value is -1.81. The Labute approximate surface area is 112 Å². The molecule has 0 saturated carbocycles. The molecule has 0 aliphatic heterocycles. The summed E-state index contributed by atoms with van der Waals surface area (Å²) in [5.41, 5.74) is 2.67. The van der Waals surface area contributed by atoms with Gasteiger partial charge in [-0.05, 0) is 23.6 Å². The summed E-state index contributed by atoms with van der Waals surface area (Å²) in [6.45, 7) is 4.73. The highest BCUT2D eigenvalue weighted by Gasteiger charge is 2.16. The van der Waals surface area contributed by atoms with Crippen LogP contribution in [0.3, 0.4) is 0 Å². The van der Waals surface area contributed by atoms with Crippen molar-refractivity contribution in [1.29, 1.82) is 0 Å². The molecule has 2 rings (SSSR count). The quantitative estimate of drug-likeness (QED) is 0.860. The van der Waals surface area contributed by atoms with Crippen LogP contribution in [0.1, 0.15) is 35.7 Å². The molecule has 0 fully saturated rings. The van der Waals surface area contributed by atoms with Gasteiger partial charge in [0, 0.05) is 23.6 Å². The van der Waals surface area contributed by atoms with E-state index in [2.05, 4.69) is 19.9 Å². The molecule has 1 N–H and O–H groups in total. The molecule has 1 heterocycles. The summed E-state index contributed by atoms with van der Waals surface area (Å²) in [7, 11) is 1.38. The first kappa shape index (κ1) is 13.6. The number of esters is 1. The Bertz CT molecular complexity index is 599. The smallest absolute Gasteiger partial charge is 0.340 e. The van der Waals surface area contributed by atoms with Crippen LogP contribution in [-0.2, 0) is 11.3 Å². The molecule has 0 bridgehead atoms. The van der Waals surface area contributed by atoms with E-state index in [-0.39, 0.29) is 12.6 Å². The van der Waals surface area contributed by atoms with E-state index in [1.165, 1.54) is 12.7 Å². The number of carbonyl (C=O) groups is 1. The second kappa shape index (κ2) is 5.45. The Balaban J connectivity index is 2.65. The van der Waals surface area contributed by atoms with Gasteiger partial charge in [0.2, 0.25) is 0 Å². The zero-order valence-corrected chi connectivity index (χ0v) is 11.5. The molecule has 0 unspecified atom stereocenters. The molecular weight excluding hydrogens is 242 g/mol. The Morgan fingerprint density at radius 1 is 1.42 bits per heavy atom. The third-order valence-electron chi connectivity index (χ3n) is 3.32. The molecular formula is C15H19NO3. The number of aliphatic hydroxyl groups is 1. The highest BCUT2D eigenvalue weighted by atomic mass is 16.5. The molecule has 1 aromatic heterocycles. The highest BCUT2D eigenvalue weighted by molar-refractivity contribution is 6.04. The van der Waals surface area contributed by atoms with E-state index in [0.717, 1.165) is 10.9 Å². The molecule has 102 valence electrons. The average Bonchev–Trinajstić information content (AvgIpc) is 2.76. The van der Waals surface area contributed by atoms with Crippen molar-refractivity contribution < 1.29 is 14.6 Å².